The van der Waals surface area contributed by atoms with Gasteiger partial charge in [0, 0.05) is 11.3 Å². The molecule has 0 amide bonds. The fraction of sp³-hybridized carbons (Fsp3) is 0.524. The van der Waals surface area contributed by atoms with Gasteiger partial charge in [0.05, 0.1) is 12.2 Å². The van der Waals surface area contributed by atoms with Crippen LogP contribution in [0.15, 0.2) is 59.3 Å². The molecule has 2 nitrogen and oxygen atoms in total. The minimum atomic E-state index is -0.353. The largest absolute Gasteiger partial charge is 0.393 e. The summed E-state index contributed by atoms with van der Waals surface area (Å²) >= 11 is 0. The third-order valence-electron chi connectivity index (χ3n) is 6.87. The molecule has 0 radical (unpaired) electrons. The van der Waals surface area contributed by atoms with Crippen molar-refractivity contribution in [1.29, 1.82) is 0 Å². The topological polar surface area (TPSA) is 40.5 Å². The van der Waals surface area contributed by atoms with E-state index in [9.17, 15) is 10.2 Å². The van der Waals surface area contributed by atoms with Crippen molar-refractivity contribution in [1.82, 2.24) is 0 Å². The maximum absolute atomic E-state index is 11.1. The number of aliphatic hydroxyl groups is 2. The van der Waals surface area contributed by atoms with Crippen LogP contribution in [0.3, 0.4) is 0 Å². The van der Waals surface area contributed by atoms with E-state index in [1.54, 1.807) is 0 Å². The summed E-state index contributed by atoms with van der Waals surface area (Å²) in [5.74, 6) is 0.145. The number of fused-ring (bicyclic) bond motifs is 5. The number of rotatable bonds is 1. The Morgan fingerprint density at radius 2 is 1.96 bits per heavy atom. The SMILES string of the molecule is C=CC1=CC=C2C3=CC=C4CC(O)CC[C@]4(C)[C@H]3[C@@H](O)C[C@]12C. The standard InChI is InChI=1S/C21H26O2/c1-4-13-6-8-17-16-7-5-14-11-15(22)9-10-20(14,2)19(16)18(23)12-21(13,17)3/h4-8,15,18-19,22-23H,1,9-12H2,2-3H3/t15?,18-,19+,20-,21+/m0/s1. The molecular weight excluding hydrogens is 284 g/mol. The second-order valence-corrected chi connectivity index (χ2v) is 8.12. The molecule has 2 N–H and O–H groups in total. The van der Waals surface area contributed by atoms with Crippen molar-refractivity contribution in [3.63, 3.8) is 0 Å². The molecule has 0 aromatic carbocycles. The quantitative estimate of drug-likeness (QED) is 0.772. The van der Waals surface area contributed by atoms with E-state index in [2.05, 4.69) is 44.7 Å². The maximum atomic E-state index is 11.1. The zero-order chi connectivity index (χ0) is 16.4. The first kappa shape index (κ1) is 15.2. The van der Waals surface area contributed by atoms with Gasteiger partial charge in [-0.3, -0.25) is 0 Å². The second-order valence-electron chi connectivity index (χ2n) is 8.12. The molecule has 4 aliphatic rings. The molecule has 0 saturated heterocycles. The molecule has 4 aliphatic carbocycles. The lowest BCUT2D eigenvalue weighted by molar-refractivity contribution is 0.000473. The fourth-order valence-electron chi connectivity index (χ4n) is 5.52. The van der Waals surface area contributed by atoms with E-state index in [-0.39, 0.29) is 29.0 Å². The van der Waals surface area contributed by atoms with Crippen molar-refractivity contribution in [2.45, 2.75) is 51.7 Å². The van der Waals surface area contributed by atoms with Crippen LogP contribution in [-0.4, -0.2) is 22.4 Å². The monoisotopic (exact) mass is 310 g/mol. The van der Waals surface area contributed by atoms with Gasteiger partial charge in [0.15, 0.2) is 0 Å². The Morgan fingerprint density at radius 3 is 2.70 bits per heavy atom. The molecule has 0 bridgehead atoms. The van der Waals surface area contributed by atoms with Gasteiger partial charge >= 0.3 is 0 Å². The molecule has 2 fully saturated rings. The highest BCUT2D eigenvalue weighted by molar-refractivity contribution is 5.59. The average Bonchev–Trinajstić information content (AvgIpc) is 2.83. The predicted octanol–water partition coefficient (Wildman–Crippen LogP) is 3.84. The van der Waals surface area contributed by atoms with Gasteiger partial charge in [-0.1, -0.05) is 56.4 Å². The lowest BCUT2D eigenvalue weighted by Crippen LogP contribution is -2.49. The van der Waals surface area contributed by atoms with Crippen molar-refractivity contribution in [2.75, 3.05) is 0 Å². The van der Waals surface area contributed by atoms with E-state index in [0.29, 0.717) is 0 Å². The molecule has 23 heavy (non-hydrogen) atoms. The molecule has 2 saturated carbocycles. The summed E-state index contributed by atoms with van der Waals surface area (Å²) in [6, 6.07) is 0. The van der Waals surface area contributed by atoms with Crippen LogP contribution in [-0.2, 0) is 0 Å². The van der Waals surface area contributed by atoms with Crippen LogP contribution in [0.2, 0.25) is 0 Å². The van der Waals surface area contributed by atoms with Crippen LogP contribution in [0.1, 0.15) is 39.5 Å². The summed E-state index contributed by atoms with van der Waals surface area (Å²) < 4.78 is 0. The van der Waals surface area contributed by atoms with Gasteiger partial charge in [-0.2, -0.15) is 0 Å². The van der Waals surface area contributed by atoms with E-state index in [0.717, 1.165) is 25.7 Å². The van der Waals surface area contributed by atoms with E-state index >= 15 is 0 Å². The molecule has 0 aromatic heterocycles. The van der Waals surface area contributed by atoms with Crippen LogP contribution in [0, 0.1) is 16.7 Å². The minimum Gasteiger partial charge on any atom is -0.393 e. The molecular formula is C21H26O2. The Bertz CT molecular complexity index is 693. The van der Waals surface area contributed by atoms with Crippen molar-refractivity contribution in [2.24, 2.45) is 16.7 Å². The van der Waals surface area contributed by atoms with Crippen molar-refractivity contribution in [3.8, 4) is 0 Å². The molecule has 1 unspecified atom stereocenters. The van der Waals surface area contributed by atoms with E-state index in [4.69, 9.17) is 0 Å². The van der Waals surface area contributed by atoms with Gasteiger partial charge in [0.2, 0.25) is 0 Å². The zero-order valence-corrected chi connectivity index (χ0v) is 14.0. The van der Waals surface area contributed by atoms with Crippen molar-refractivity contribution >= 4 is 0 Å². The summed E-state index contributed by atoms with van der Waals surface area (Å²) in [6.45, 7) is 8.46. The molecule has 5 atom stereocenters. The summed E-state index contributed by atoms with van der Waals surface area (Å²) in [5.41, 5.74) is 5.03. The van der Waals surface area contributed by atoms with Gasteiger partial charge in [-0.15, -0.1) is 0 Å². The molecule has 0 aromatic rings. The Labute approximate surface area is 138 Å². The lowest BCUT2D eigenvalue weighted by Gasteiger charge is -2.54. The van der Waals surface area contributed by atoms with Crippen molar-refractivity contribution < 1.29 is 10.2 Å². The first-order chi connectivity index (χ1) is 10.9. The van der Waals surface area contributed by atoms with Crippen molar-refractivity contribution in [3.05, 3.63) is 59.3 Å². The number of aliphatic hydroxyl groups excluding tert-OH is 2. The molecule has 122 valence electrons. The molecule has 0 aliphatic heterocycles. The van der Waals surface area contributed by atoms with E-state index < -0.39 is 0 Å². The van der Waals surface area contributed by atoms with Gasteiger partial charge < -0.3 is 10.2 Å². The molecule has 4 rings (SSSR count). The van der Waals surface area contributed by atoms with E-state index in [1.165, 1.54) is 22.3 Å². The third-order valence-corrected chi connectivity index (χ3v) is 6.87. The Morgan fingerprint density at radius 1 is 1.17 bits per heavy atom. The minimum absolute atomic E-state index is 0.0260. The van der Waals surface area contributed by atoms with Crippen LogP contribution in [0.25, 0.3) is 0 Å². The second kappa shape index (κ2) is 4.81. The Hall–Kier alpha value is -1.38. The van der Waals surface area contributed by atoms with Crippen LogP contribution < -0.4 is 0 Å². The fourth-order valence-corrected chi connectivity index (χ4v) is 5.52. The van der Waals surface area contributed by atoms with E-state index in [1.807, 2.05) is 6.08 Å². The zero-order valence-electron chi connectivity index (χ0n) is 14.0. The van der Waals surface area contributed by atoms with Crippen LogP contribution in [0.4, 0.5) is 0 Å². The number of hydrogen-bond donors (Lipinski definition) is 2. The van der Waals surface area contributed by atoms with Gasteiger partial charge in [0.1, 0.15) is 0 Å². The smallest absolute Gasteiger partial charge is 0.0628 e. The first-order valence-corrected chi connectivity index (χ1v) is 8.73. The third kappa shape index (κ3) is 1.88. The number of allylic oxidation sites excluding steroid dienone is 7. The highest BCUT2D eigenvalue weighted by Crippen LogP contribution is 2.62. The average molecular weight is 310 g/mol. The number of hydrogen-bond acceptors (Lipinski definition) is 2. The van der Waals surface area contributed by atoms with Gasteiger partial charge in [0.25, 0.3) is 0 Å². The Kier molecular flexibility index (Phi) is 3.17. The summed E-state index contributed by atoms with van der Waals surface area (Å²) in [4.78, 5) is 0. The normalized spacial score (nSPS) is 45.0. The summed E-state index contributed by atoms with van der Waals surface area (Å²) in [7, 11) is 0. The van der Waals surface area contributed by atoms with Crippen LogP contribution >= 0.6 is 0 Å². The maximum Gasteiger partial charge on any atom is 0.0628 e. The van der Waals surface area contributed by atoms with Gasteiger partial charge in [-0.05, 0) is 47.8 Å². The molecule has 0 heterocycles. The van der Waals surface area contributed by atoms with Crippen LogP contribution in [0.5, 0.6) is 0 Å². The molecule has 0 spiro atoms. The highest BCUT2D eigenvalue weighted by Gasteiger charge is 2.54. The summed E-state index contributed by atoms with van der Waals surface area (Å²) in [5, 5.41) is 21.1. The Balaban J connectivity index is 1.82. The first-order valence-electron chi connectivity index (χ1n) is 8.73. The molecule has 2 heteroatoms. The van der Waals surface area contributed by atoms with Gasteiger partial charge in [-0.25, -0.2) is 0 Å². The predicted molar refractivity (Wildman–Crippen MR) is 92.7 cm³/mol. The highest BCUT2D eigenvalue weighted by atomic mass is 16.3. The summed E-state index contributed by atoms with van der Waals surface area (Å²) in [6.07, 6.45) is 13.4. The lowest BCUT2D eigenvalue weighted by atomic mass is 9.51.